The highest BCUT2D eigenvalue weighted by atomic mass is 35.5. The zero-order valence-corrected chi connectivity index (χ0v) is 14.4. The van der Waals surface area contributed by atoms with Crippen molar-refractivity contribution in [1.82, 2.24) is 9.36 Å². The fourth-order valence-corrected chi connectivity index (χ4v) is 2.96. The second-order valence-corrected chi connectivity index (χ2v) is 7.33. The Morgan fingerprint density at radius 2 is 2.05 bits per heavy atom. The summed E-state index contributed by atoms with van der Waals surface area (Å²) < 4.78 is 4.31. The minimum absolute atomic E-state index is 0.0888. The van der Waals surface area contributed by atoms with E-state index in [0.29, 0.717) is 27.3 Å². The van der Waals surface area contributed by atoms with Gasteiger partial charge < -0.3 is 10.4 Å². The van der Waals surface area contributed by atoms with E-state index in [0.717, 1.165) is 5.82 Å². The van der Waals surface area contributed by atoms with Crippen molar-refractivity contribution >= 4 is 39.9 Å². The van der Waals surface area contributed by atoms with Crippen LogP contribution in [0.4, 0.5) is 5.13 Å². The molecule has 7 heteroatoms. The third kappa shape index (κ3) is 4.30. The van der Waals surface area contributed by atoms with E-state index in [9.17, 15) is 5.11 Å². The third-order valence-electron chi connectivity index (χ3n) is 2.86. The second-order valence-electron chi connectivity index (χ2n) is 5.74. The van der Waals surface area contributed by atoms with Crippen LogP contribution < -0.4 is 5.32 Å². The standard InChI is InChI=1S/C14H17Cl2N3OS/c1-14(2,3)12-18-13(21-19-12)17-7-11(20)9-5-4-8(15)6-10(9)16/h4-6,11,20H,7H2,1-3H3,(H,17,18,19). The second kappa shape index (κ2) is 6.48. The maximum absolute atomic E-state index is 10.2. The molecular weight excluding hydrogens is 329 g/mol. The first-order valence-electron chi connectivity index (χ1n) is 6.48. The first-order chi connectivity index (χ1) is 9.77. The van der Waals surface area contributed by atoms with Crippen LogP contribution in [-0.2, 0) is 5.41 Å². The molecule has 1 aromatic carbocycles. The molecule has 21 heavy (non-hydrogen) atoms. The van der Waals surface area contributed by atoms with Gasteiger partial charge >= 0.3 is 0 Å². The van der Waals surface area contributed by atoms with Gasteiger partial charge in [-0.05, 0) is 12.1 Å². The number of benzene rings is 1. The number of rotatable bonds is 4. The van der Waals surface area contributed by atoms with E-state index >= 15 is 0 Å². The third-order valence-corrected chi connectivity index (χ3v) is 4.10. The van der Waals surface area contributed by atoms with Crippen LogP contribution in [0.5, 0.6) is 0 Å². The molecule has 0 bridgehead atoms. The molecule has 0 saturated heterocycles. The van der Waals surface area contributed by atoms with E-state index in [4.69, 9.17) is 23.2 Å². The van der Waals surface area contributed by atoms with Gasteiger partial charge in [0, 0.05) is 39.1 Å². The number of aliphatic hydroxyl groups is 1. The Morgan fingerprint density at radius 3 is 2.62 bits per heavy atom. The van der Waals surface area contributed by atoms with Crippen molar-refractivity contribution < 1.29 is 5.11 Å². The molecule has 2 N–H and O–H groups in total. The summed E-state index contributed by atoms with van der Waals surface area (Å²) in [5.41, 5.74) is 0.545. The van der Waals surface area contributed by atoms with Crippen molar-refractivity contribution in [2.24, 2.45) is 0 Å². The van der Waals surface area contributed by atoms with Gasteiger partial charge in [0.15, 0.2) is 0 Å². The molecule has 0 spiro atoms. The average molecular weight is 346 g/mol. The van der Waals surface area contributed by atoms with Gasteiger partial charge in [-0.15, -0.1) is 0 Å². The fourth-order valence-electron chi connectivity index (χ4n) is 1.67. The zero-order chi connectivity index (χ0) is 15.6. The maximum atomic E-state index is 10.2. The van der Waals surface area contributed by atoms with Crippen LogP contribution in [0.15, 0.2) is 18.2 Å². The molecule has 4 nitrogen and oxygen atoms in total. The Morgan fingerprint density at radius 1 is 1.33 bits per heavy atom. The summed E-state index contributed by atoms with van der Waals surface area (Å²) in [5, 5.41) is 14.9. The smallest absolute Gasteiger partial charge is 0.202 e. The summed E-state index contributed by atoms with van der Waals surface area (Å²) in [6, 6.07) is 5.04. The van der Waals surface area contributed by atoms with Crippen LogP contribution in [0.1, 0.15) is 38.3 Å². The summed E-state index contributed by atoms with van der Waals surface area (Å²) in [6.45, 7) is 6.48. The molecule has 1 aromatic heterocycles. The van der Waals surface area contributed by atoms with Gasteiger partial charge in [0.25, 0.3) is 0 Å². The first-order valence-corrected chi connectivity index (χ1v) is 8.01. The quantitative estimate of drug-likeness (QED) is 0.867. The van der Waals surface area contributed by atoms with Gasteiger partial charge in [0.05, 0.1) is 6.10 Å². The molecule has 0 aliphatic heterocycles. The van der Waals surface area contributed by atoms with Crippen LogP contribution in [-0.4, -0.2) is 21.0 Å². The highest BCUT2D eigenvalue weighted by Gasteiger charge is 2.20. The normalized spacial score (nSPS) is 13.2. The summed E-state index contributed by atoms with van der Waals surface area (Å²) >= 11 is 13.2. The number of hydrogen-bond acceptors (Lipinski definition) is 5. The molecule has 114 valence electrons. The highest BCUT2D eigenvalue weighted by Crippen LogP contribution is 2.27. The number of anilines is 1. The predicted octanol–water partition coefficient (Wildman–Crippen LogP) is 4.29. The van der Waals surface area contributed by atoms with Gasteiger partial charge in [-0.3, -0.25) is 0 Å². The molecular formula is C14H17Cl2N3OS. The molecule has 0 aliphatic carbocycles. The Balaban J connectivity index is 2.01. The number of nitrogens with zero attached hydrogens (tertiary/aromatic N) is 2. The van der Waals surface area contributed by atoms with E-state index in [1.165, 1.54) is 11.5 Å². The van der Waals surface area contributed by atoms with Crippen LogP contribution in [0.25, 0.3) is 0 Å². The van der Waals surface area contributed by atoms with Crippen molar-refractivity contribution in [3.8, 4) is 0 Å². The van der Waals surface area contributed by atoms with E-state index < -0.39 is 6.10 Å². The number of hydrogen-bond donors (Lipinski definition) is 2. The molecule has 1 unspecified atom stereocenters. The lowest BCUT2D eigenvalue weighted by Crippen LogP contribution is -2.15. The van der Waals surface area contributed by atoms with Gasteiger partial charge in [-0.2, -0.15) is 4.37 Å². The molecule has 1 heterocycles. The molecule has 0 saturated carbocycles. The van der Waals surface area contributed by atoms with Gasteiger partial charge in [-0.1, -0.05) is 50.0 Å². The SMILES string of the molecule is CC(C)(C)c1nsc(NCC(O)c2ccc(Cl)cc2Cl)n1. The van der Waals surface area contributed by atoms with Crippen molar-refractivity contribution in [2.75, 3.05) is 11.9 Å². The van der Waals surface area contributed by atoms with E-state index in [-0.39, 0.29) is 5.41 Å². The minimum Gasteiger partial charge on any atom is -0.387 e. The van der Waals surface area contributed by atoms with E-state index in [1.54, 1.807) is 18.2 Å². The van der Waals surface area contributed by atoms with Gasteiger partial charge in [0.2, 0.25) is 5.13 Å². The summed E-state index contributed by atoms with van der Waals surface area (Å²) in [5.74, 6) is 0.786. The molecule has 0 radical (unpaired) electrons. The van der Waals surface area contributed by atoms with Crippen LogP contribution >= 0.6 is 34.7 Å². The van der Waals surface area contributed by atoms with Crippen molar-refractivity contribution in [1.29, 1.82) is 0 Å². The van der Waals surface area contributed by atoms with E-state index in [1.807, 2.05) is 0 Å². The van der Waals surface area contributed by atoms with Crippen LogP contribution in [0.3, 0.4) is 0 Å². The van der Waals surface area contributed by atoms with Crippen LogP contribution in [0.2, 0.25) is 10.0 Å². The summed E-state index contributed by atoms with van der Waals surface area (Å²) in [7, 11) is 0. The number of halogens is 2. The molecule has 2 rings (SSSR count). The lowest BCUT2D eigenvalue weighted by molar-refractivity contribution is 0.191. The molecule has 0 fully saturated rings. The monoisotopic (exact) mass is 345 g/mol. The fraction of sp³-hybridized carbons (Fsp3) is 0.429. The molecule has 2 aromatic rings. The molecule has 0 aliphatic rings. The van der Waals surface area contributed by atoms with Crippen molar-refractivity contribution in [3.63, 3.8) is 0 Å². The minimum atomic E-state index is -0.739. The maximum Gasteiger partial charge on any atom is 0.202 e. The lowest BCUT2D eigenvalue weighted by atomic mass is 9.96. The Labute approximate surface area is 138 Å². The number of aromatic nitrogens is 2. The van der Waals surface area contributed by atoms with Gasteiger partial charge in [0.1, 0.15) is 5.82 Å². The first kappa shape index (κ1) is 16.5. The Hall–Kier alpha value is -0.880. The predicted molar refractivity (Wildman–Crippen MR) is 88.5 cm³/mol. The van der Waals surface area contributed by atoms with Crippen LogP contribution in [0, 0.1) is 0 Å². The largest absolute Gasteiger partial charge is 0.387 e. The lowest BCUT2D eigenvalue weighted by Gasteiger charge is -2.14. The summed E-state index contributed by atoms with van der Waals surface area (Å²) in [6.07, 6.45) is -0.739. The number of nitrogens with one attached hydrogen (secondary N) is 1. The topological polar surface area (TPSA) is 58.0 Å². The highest BCUT2D eigenvalue weighted by molar-refractivity contribution is 7.09. The number of aliphatic hydroxyl groups excluding tert-OH is 1. The Kier molecular flexibility index (Phi) is 5.09. The van der Waals surface area contributed by atoms with E-state index in [2.05, 4.69) is 35.4 Å². The molecule has 1 atom stereocenters. The summed E-state index contributed by atoms with van der Waals surface area (Å²) in [4.78, 5) is 4.41. The van der Waals surface area contributed by atoms with Crippen molar-refractivity contribution in [3.05, 3.63) is 39.6 Å². The van der Waals surface area contributed by atoms with Gasteiger partial charge in [-0.25, -0.2) is 4.98 Å². The van der Waals surface area contributed by atoms with Crippen molar-refractivity contribution in [2.45, 2.75) is 32.3 Å². The molecule has 0 amide bonds. The zero-order valence-electron chi connectivity index (χ0n) is 12.0. The Bertz CT molecular complexity index is 625. The average Bonchev–Trinajstić information content (AvgIpc) is 2.84.